The number of fused-ring (bicyclic) bond motifs is 28. The van der Waals surface area contributed by atoms with E-state index in [4.69, 9.17) is 0 Å². The van der Waals surface area contributed by atoms with Gasteiger partial charge in [-0.2, -0.15) is 0 Å². The van der Waals surface area contributed by atoms with Crippen molar-refractivity contribution < 1.29 is 0 Å². The lowest BCUT2D eigenvalue weighted by Crippen LogP contribution is -2.56. The van der Waals surface area contributed by atoms with Crippen LogP contribution in [0, 0.1) is 367 Å². The molecule has 0 amide bonds. The quantitative estimate of drug-likeness (QED) is 0.227. The summed E-state index contributed by atoms with van der Waals surface area (Å²) in [4.78, 5) is 0. The molecule has 0 aromatic carbocycles. The van der Waals surface area contributed by atoms with E-state index < -0.39 is 0 Å². The second-order valence-corrected chi connectivity index (χ2v) is 56.4. The van der Waals surface area contributed by atoms with Gasteiger partial charge in [0.2, 0.25) is 0 Å². The Morgan fingerprint density at radius 1 is 0.0877 bits per heavy atom. The molecule has 31 aliphatic rings. The molecule has 624 valence electrons. The smallest absolute Gasteiger partial charge is 0.0349 e. The first kappa shape index (κ1) is 70.2. The van der Waals surface area contributed by atoms with Gasteiger partial charge in [-0.25, -0.2) is 0 Å². The fourth-order valence-corrected chi connectivity index (χ4v) is 53.5. The average molecular weight is 1540 g/mol. The summed E-state index contributed by atoms with van der Waals surface area (Å²) in [6.07, 6.45) is 86.4. The van der Waals surface area contributed by atoms with E-state index in [0.29, 0.717) is 0 Å². The molecule has 114 heavy (non-hydrogen) atoms. The highest BCUT2D eigenvalue weighted by Gasteiger charge is 2.72. The average Bonchev–Trinajstić information content (AvgIpc) is 1.50. The van der Waals surface area contributed by atoms with Crippen LogP contribution in [0.5, 0.6) is 0 Å². The third-order valence-corrected chi connectivity index (χ3v) is 56.0. The lowest BCUT2D eigenvalue weighted by Gasteiger charge is -2.63. The molecule has 11 unspecified atom stereocenters. The van der Waals surface area contributed by atoms with Crippen molar-refractivity contribution in [1.29, 1.82) is 0 Å². The predicted octanol–water partition coefficient (Wildman–Crippen LogP) is 28.2. The van der Waals surface area contributed by atoms with Crippen molar-refractivity contribution in [3.8, 4) is 0 Å². The van der Waals surface area contributed by atoms with Gasteiger partial charge in [-0.1, -0.05) is 65.2 Å². The number of hydrogen-bond acceptors (Lipinski definition) is 0. The minimum absolute atomic E-state index is 1.03. The fraction of sp³-hybridized carbons (Fsp3) is 1.00. The van der Waals surface area contributed by atoms with E-state index in [2.05, 4.69) is 13.8 Å². The van der Waals surface area contributed by atoms with Crippen LogP contribution in [-0.4, -0.2) is 0 Å². The van der Waals surface area contributed by atoms with Crippen molar-refractivity contribution in [2.45, 2.75) is 335 Å². The minimum Gasteiger partial charge on any atom is -0.0622 e. The van der Waals surface area contributed by atoms with E-state index in [1.807, 2.05) is 0 Å². The summed E-state index contributed by atoms with van der Waals surface area (Å²) >= 11 is 0. The fourth-order valence-electron chi connectivity index (χ4n) is 53.5. The topological polar surface area (TPSA) is 0 Å². The Balaban J connectivity index is 0.572. The van der Waals surface area contributed by atoms with Gasteiger partial charge in [0.25, 0.3) is 0 Å². The van der Waals surface area contributed by atoms with Gasteiger partial charge >= 0.3 is 0 Å². The van der Waals surface area contributed by atoms with Crippen LogP contribution in [0.1, 0.15) is 335 Å². The highest BCUT2D eigenvalue weighted by molar-refractivity contribution is 5.21. The van der Waals surface area contributed by atoms with E-state index in [9.17, 15) is 0 Å². The Bertz CT molecular complexity index is 3710. The van der Waals surface area contributed by atoms with Crippen LogP contribution in [0.3, 0.4) is 0 Å². The van der Waals surface area contributed by atoms with Crippen molar-refractivity contribution in [2.75, 3.05) is 0 Å². The van der Waals surface area contributed by atoms with E-state index in [1.165, 1.54) is 0 Å². The monoisotopic (exact) mass is 1540 g/mol. The molecular formula is C114H168. The summed E-state index contributed by atoms with van der Waals surface area (Å²) in [5.41, 5.74) is 0. The van der Waals surface area contributed by atoms with E-state index in [-0.39, 0.29) is 0 Å². The van der Waals surface area contributed by atoms with Crippen LogP contribution in [-0.2, 0) is 0 Å². The summed E-state index contributed by atoms with van der Waals surface area (Å²) < 4.78 is 0. The predicted molar refractivity (Wildman–Crippen MR) is 459 cm³/mol. The van der Waals surface area contributed by atoms with Crippen molar-refractivity contribution in [3.05, 3.63) is 0 Å². The van der Waals surface area contributed by atoms with Crippen LogP contribution in [0.4, 0.5) is 0 Å². The normalized spacial score (nSPS) is 69.3. The molecule has 0 aromatic rings. The number of rotatable bonds is 0. The molecule has 0 aliphatic heterocycles. The molecule has 62 atom stereocenters. The molecule has 31 aliphatic carbocycles. The lowest BCUT2D eigenvalue weighted by atomic mass is 9.42. The molecule has 31 rings (SSSR count). The minimum atomic E-state index is 1.03. The molecule has 0 aromatic heterocycles. The van der Waals surface area contributed by atoms with Gasteiger partial charge in [0.15, 0.2) is 0 Å². The second kappa shape index (κ2) is 25.5. The van der Waals surface area contributed by atoms with Gasteiger partial charge in [-0.3, -0.25) is 0 Å². The standard InChI is InChI=1S/C114H168/c1-53-10-12-60-34-99-101(39-77(53)60)100-38-64-16-20-76-75-19-15-63-37-98-97-36-62-14-18-74-73-17-13-61-35-96-92-30-56-6-4-8-58(56)32-94(92)108-46-84-66-21-65-22-68(86-48-110-102-40-78-54(2)9-11-59(78)33-95(102)91-29-55-5-3-7-57(55)31-93(91)107(110)45-83(65)86)24-67-25-70(88-50-112(106(100)44-82(64)76)109(99)47-85(67)88)27-72-28-71(26-69(23-66)87(84)49-111(108)103(96)41-79(61)73)89-51-113(104(97)42-80(62)74)114(52-90(72)89)105(98)43-81(63)75/h53-114H,3-52H2,1-2H3/t53-,54?,55+,56-,57+,58?,59+,60+,61+,62-,63+,64-,65-,66+,67-,68-,69+,70-,71+,72-,73+,74-,75?,76?,77+,78+,79?,80?,81-,82?,83+,84-,85+,86-,87+,88-,89-,90+,91?,92-,93-,94?,95+,96+,97-,98-,99-,100-,101+,102+,103-,104+,105?,106+,107?,108+,109-,110+,111-,112+,113+,114-/m1/s1. The molecule has 0 heterocycles. The Kier molecular flexibility index (Phi) is 15.7. The van der Waals surface area contributed by atoms with Gasteiger partial charge in [0.1, 0.15) is 0 Å². The molecule has 0 spiro atoms. The van der Waals surface area contributed by atoms with Crippen LogP contribution in [0.25, 0.3) is 0 Å². The zero-order chi connectivity index (χ0) is 73.2. The third-order valence-electron chi connectivity index (χ3n) is 56.0. The first-order chi connectivity index (χ1) is 56.1. The molecule has 31 fully saturated rings. The van der Waals surface area contributed by atoms with Crippen LogP contribution in [0.15, 0.2) is 0 Å². The Morgan fingerprint density at radius 3 is 0.421 bits per heavy atom. The highest BCUT2D eigenvalue weighted by Crippen LogP contribution is 2.80. The van der Waals surface area contributed by atoms with Crippen LogP contribution >= 0.6 is 0 Å². The number of hydrogen-bond donors (Lipinski definition) is 0. The summed E-state index contributed by atoms with van der Waals surface area (Å²) in [6, 6.07) is 0. The van der Waals surface area contributed by atoms with Crippen molar-refractivity contribution in [2.24, 2.45) is 367 Å². The largest absolute Gasteiger partial charge is 0.0622 e. The maximum absolute atomic E-state index is 2.81. The molecule has 24 bridgehead atoms. The zero-order valence-corrected chi connectivity index (χ0v) is 73.2. The van der Waals surface area contributed by atoms with Gasteiger partial charge in [0, 0.05) is 0 Å². The van der Waals surface area contributed by atoms with Gasteiger partial charge < -0.3 is 0 Å². The van der Waals surface area contributed by atoms with E-state index in [1.54, 1.807) is 321 Å². The molecule has 0 heteroatoms. The first-order valence-corrected chi connectivity index (χ1v) is 56.1. The summed E-state index contributed by atoms with van der Waals surface area (Å²) in [6.45, 7) is 5.61. The van der Waals surface area contributed by atoms with E-state index in [0.717, 1.165) is 367 Å². The van der Waals surface area contributed by atoms with Gasteiger partial charge in [-0.05, 0) is 637 Å². The Labute approximate surface area is 697 Å². The SMILES string of the molecule is CC1CC[C@H]2C[C@H]3C4C[C@@H]5CCC[C@H]5C[C@H]4C4C[C@H]5[C@H]6C[C@H](C[C@@H]7C[C@@H]8C[C@@H]9C[C@@H]%10C[C@@H]%11C[C@H](C6)[C@H]6C[C@H]%12C%13CC%14CCC[C@@H]%14C[C@H]%13[C@@H]%13C[C@@H]%14CC[C@H](C%14C[C@H]%13[C@H]%12C[C@@H]%116)[C@H]6CC[C@@H]%11C[C@H]%12[C@H](CC%116)[C@@H]6C[C@H]%10[C@H]9C[C@@H]6C6C[C@H]9C(CC[C@H]9C[C@@H]6%12)C6CC[C@@H]9C[C@H]%10[C@H](CC69)[C@@H]6C[C@H]8[C@H]7C[C@@H]6[C@@H]6C[C@@H]7CC[C@@H](C)[C@@H]7C[C@H]%106)[C@H]5C[C@H]4[C@H]3C[C@@H]12. The summed E-state index contributed by atoms with van der Waals surface area (Å²) in [5, 5.41) is 0. The zero-order valence-electron chi connectivity index (χ0n) is 73.2. The summed E-state index contributed by atoms with van der Waals surface area (Å²) in [7, 11) is 0. The molecule has 0 radical (unpaired) electrons. The van der Waals surface area contributed by atoms with Crippen LogP contribution in [0.2, 0.25) is 0 Å². The van der Waals surface area contributed by atoms with E-state index >= 15 is 0 Å². The van der Waals surface area contributed by atoms with Gasteiger partial charge in [0.05, 0.1) is 0 Å². The van der Waals surface area contributed by atoms with Crippen LogP contribution < -0.4 is 0 Å². The maximum Gasteiger partial charge on any atom is -0.0349 e. The molecule has 31 saturated carbocycles. The molecule has 0 nitrogen and oxygen atoms in total. The maximum atomic E-state index is 2.81. The van der Waals surface area contributed by atoms with Crippen molar-refractivity contribution in [3.63, 3.8) is 0 Å². The second-order valence-electron chi connectivity index (χ2n) is 56.4. The van der Waals surface area contributed by atoms with Crippen molar-refractivity contribution >= 4 is 0 Å². The lowest BCUT2D eigenvalue weighted by molar-refractivity contribution is -0.143. The van der Waals surface area contributed by atoms with Crippen molar-refractivity contribution in [1.82, 2.24) is 0 Å². The highest BCUT2D eigenvalue weighted by atomic mass is 14.8. The third kappa shape index (κ3) is 9.66. The first-order valence-electron chi connectivity index (χ1n) is 56.1. The summed E-state index contributed by atoms with van der Waals surface area (Å²) in [5.74, 6) is 69.6. The van der Waals surface area contributed by atoms with Gasteiger partial charge in [-0.15, -0.1) is 0 Å². The Hall–Kier alpha value is 0. The molecule has 0 saturated heterocycles. The Morgan fingerprint density at radius 2 is 0.228 bits per heavy atom. The molecular weight excluding hydrogens is 1370 g/mol. The molecule has 0 N–H and O–H groups in total.